The molecule has 0 saturated carbocycles. The number of halogens is 1. The Morgan fingerprint density at radius 1 is 1.32 bits per heavy atom. The lowest BCUT2D eigenvalue weighted by Gasteiger charge is -2.08. The lowest BCUT2D eigenvalue weighted by molar-refractivity contribution is -0.120. The van der Waals surface area contributed by atoms with Crippen molar-refractivity contribution in [3.05, 3.63) is 46.2 Å². The molecule has 0 fully saturated rings. The van der Waals surface area contributed by atoms with Gasteiger partial charge in [0, 0.05) is 23.3 Å². The minimum atomic E-state index is -0.0288. The number of nitrogens with zero attached hydrogens (tertiary/aromatic N) is 2. The zero-order valence-corrected chi connectivity index (χ0v) is 13.8. The second kappa shape index (κ2) is 7.31. The van der Waals surface area contributed by atoms with Gasteiger partial charge in [0.05, 0.1) is 18.7 Å². The van der Waals surface area contributed by atoms with Gasteiger partial charge in [-0.15, -0.1) is 0 Å². The SMILES string of the molecule is Cc1nn(C)c(C)c1CC(=O)NCCOc1ccc(Cl)cc1. The quantitative estimate of drug-likeness (QED) is 0.831. The summed E-state index contributed by atoms with van der Waals surface area (Å²) < 4.78 is 7.32. The minimum absolute atomic E-state index is 0.0288. The van der Waals surface area contributed by atoms with Crippen molar-refractivity contribution < 1.29 is 9.53 Å². The van der Waals surface area contributed by atoms with E-state index in [1.165, 1.54) is 0 Å². The molecule has 1 amide bonds. The van der Waals surface area contributed by atoms with Gasteiger partial charge in [-0.3, -0.25) is 9.48 Å². The minimum Gasteiger partial charge on any atom is -0.492 e. The number of hydrogen-bond donors (Lipinski definition) is 1. The maximum atomic E-state index is 12.0. The summed E-state index contributed by atoms with van der Waals surface area (Å²) in [5, 5.41) is 7.83. The topological polar surface area (TPSA) is 56.2 Å². The van der Waals surface area contributed by atoms with E-state index in [0.717, 1.165) is 22.7 Å². The first-order valence-electron chi connectivity index (χ1n) is 7.11. The Hall–Kier alpha value is -2.01. The summed E-state index contributed by atoms with van der Waals surface area (Å²) in [5.74, 6) is 0.705. The molecule has 0 bridgehead atoms. The molecule has 0 saturated heterocycles. The van der Waals surface area contributed by atoms with E-state index < -0.39 is 0 Å². The number of aryl methyl sites for hydroxylation is 2. The molecule has 1 heterocycles. The Morgan fingerprint density at radius 3 is 2.59 bits per heavy atom. The maximum Gasteiger partial charge on any atom is 0.224 e. The molecule has 0 spiro atoms. The molecular weight excluding hydrogens is 302 g/mol. The second-order valence-electron chi connectivity index (χ2n) is 5.10. The van der Waals surface area contributed by atoms with Crippen LogP contribution in [0.25, 0.3) is 0 Å². The van der Waals surface area contributed by atoms with Crippen LogP contribution in [0, 0.1) is 13.8 Å². The number of hydrogen-bond acceptors (Lipinski definition) is 3. The summed E-state index contributed by atoms with van der Waals surface area (Å²) in [5.41, 5.74) is 2.90. The largest absolute Gasteiger partial charge is 0.492 e. The van der Waals surface area contributed by atoms with Crippen molar-refractivity contribution in [1.82, 2.24) is 15.1 Å². The lowest BCUT2D eigenvalue weighted by atomic mass is 10.1. The van der Waals surface area contributed by atoms with Crippen LogP contribution in [0.5, 0.6) is 5.75 Å². The summed E-state index contributed by atoms with van der Waals surface area (Å²) in [6.07, 6.45) is 0.340. The maximum absolute atomic E-state index is 12.0. The molecule has 22 heavy (non-hydrogen) atoms. The summed E-state index contributed by atoms with van der Waals surface area (Å²) in [7, 11) is 1.88. The van der Waals surface area contributed by atoms with Crippen molar-refractivity contribution in [1.29, 1.82) is 0 Å². The third-order valence-corrected chi connectivity index (χ3v) is 3.75. The summed E-state index contributed by atoms with van der Waals surface area (Å²) >= 11 is 5.80. The van der Waals surface area contributed by atoms with Crippen molar-refractivity contribution in [3.8, 4) is 5.75 Å². The molecule has 5 nitrogen and oxygen atoms in total. The number of carbonyl (C=O) groups excluding carboxylic acids is 1. The van der Waals surface area contributed by atoms with E-state index in [9.17, 15) is 4.79 Å². The number of carbonyl (C=O) groups is 1. The van der Waals surface area contributed by atoms with Gasteiger partial charge in [0.1, 0.15) is 12.4 Å². The first-order valence-corrected chi connectivity index (χ1v) is 7.49. The predicted octanol–water partition coefficient (Wildman–Crippen LogP) is 2.43. The smallest absolute Gasteiger partial charge is 0.224 e. The lowest BCUT2D eigenvalue weighted by Crippen LogP contribution is -2.29. The zero-order valence-electron chi connectivity index (χ0n) is 13.0. The molecule has 6 heteroatoms. The Kier molecular flexibility index (Phi) is 5.44. The number of ether oxygens (including phenoxy) is 1. The molecule has 1 N–H and O–H groups in total. The van der Waals surface area contributed by atoms with E-state index in [4.69, 9.17) is 16.3 Å². The molecule has 0 aliphatic heterocycles. The number of amides is 1. The van der Waals surface area contributed by atoms with E-state index >= 15 is 0 Å². The molecular formula is C16H20ClN3O2. The molecule has 0 unspecified atom stereocenters. The fourth-order valence-electron chi connectivity index (χ4n) is 2.19. The molecule has 118 valence electrons. The standard InChI is InChI=1S/C16H20ClN3O2/c1-11-15(12(2)20(3)19-11)10-16(21)18-8-9-22-14-6-4-13(17)5-7-14/h4-7H,8-10H2,1-3H3,(H,18,21). The van der Waals surface area contributed by atoms with Crippen LogP contribution in [0.4, 0.5) is 0 Å². The Labute approximate surface area is 135 Å². The van der Waals surface area contributed by atoms with Crippen LogP contribution in [-0.2, 0) is 18.3 Å². The van der Waals surface area contributed by atoms with Crippen LogP contribution in [-0.4, -0.2) is 28.8 Å². The van der Waals surface area contributed by atoms with E-state index in [1.807, 2.05) is 20.9 Å². The number of benzene rings is 1. The third-order valence-electron chi connectivity index (χ3n) is 3.50. The average Bonchev–Trinajstić information content (AvgIpc) is 2.72. The van der Waals surface area contributed by atoms with Gasteiger partial charge in [-0.1, -0.05) is 11.6 Å². The van der Waals surface area contributed by atoms with E-state index in [1.54, 1.807) is 28.9 Å². The fourth-order valence-corrected chi connectivity index (χ4v) is 2.31. The molecule has 1 aromatic heterocycles. The van der Waals surface area contributed by atoms with Gasteiger partial charge in [0.15, 0.2) is 0 Å². The summed E-state index contributed by atoms with van der Waals surface area (Å²) in [6, 6.07) is 7.13. The zero-order chi connectivity index (χ0) is 16.1. The predicted molar refractivity (Wildman–Crippen MR) is 86.3 cm³/mol. The highest BCUT2D eigenvalue weighted by molar-refractivity contribution is 6.30. The molecule has 0 atom stereocenters. The third kappa shape index (κ3) is 4.24. The summed E-state index contributed by atoms with van der Waals surface area (Å²) in [4.78, 5) is 12.0. The number of aromatic nitrogens is 2. The van der Waals surface area contributed by atoms with E-state index in [2.05, 4.69) is 10.4 Å². The van der Waals surface area contributed by atoms with E-state index in [0.29, 0.717) is 24.6 Å². The first kappa shape index (κ1) is 16.4. The van der Waals surface area contributed by atoms with Gasteiger partial charge < -0.3 is 10.1 Å². The Balaban J connectivity index is 1.75. The molecule has 0 radical (unpaired) electrons. The highest BCUT2D eigenvalue weighted by atomic mass is 35.5. The molecule has 1 aromatic carbocycles. The van der Waals surface area contributed by atoms with Crippen molar-refractivity contribution in [2.75, 3.05) is 13.2 Å². The van der Waals surface area contributed by atoms with Crippen molar-refractivity contribution in [2.45, 2.75) is 20.3 Å². The number of nitrogens with one attached hydrogen (secondary N) is 1. The highest BCUT2D eigenvalue weighted by Gasteiger charge is 2.13. The van der Waals surface area contributed by atoms with Gasteiger partial charge in [-0.25, -0.2) is 0 Å². The van der Waals surface area contributed by atoms with Crippen LogP contribution in [0.15, 0.2) is 24.3 Å². The van der Waals surface area contributed by atoms with Crippen LogP contribution in [0.1, 0.15) is 17.0 Å². The highest BCUT2D eigenvalue weighted by Crippen LogP contribution is 2.15. The average molecular weight is 322 g/mol. The first-order chi connectivity index (χ1) is 10.5. The molecule has 0 aliphatic carbocycles. The normalized spacial score (nSPS) is 10.5. The van der Waals surface area contributed by atoms with Crippen LogP contribution in [0.2, 0.25) is 5.02 Å². The number of rotatable bonds is 6. The van der Waals surface area contributed by atoms with Crippen molar-refractivity contribution in [3.63, 3.8) is 0 Å². The van der Waals surface area contributed by atoms with Gasteiger partial charge in [0.2, 0.25) is 5.91 Å². The van der Waals surface area contributed by atoms with Crippen molar-refractivity contribution >= 4 is 17.5 Å². The molecule has 2 rings (SSSR count). The fraction of sp³-hybridized carbons (Fsp3) is 0.375. The van der Waals surface area contributed by atoms with Crippen LogP contribution in [0.3, 0.4) is 0 Å². The van der Waals surface area contributed by atoms with E-state index in [-0.39, 0.29) is 5.91 Å². The monoisotopic (exact) mass is 321 g/mol. The Bertz CT molecular complexity index is 650. The Morgan fingerprint density at radius 2 is 2.00 bits per heavy atom. The van der Waals surface area contributed by atoms with Crippen molar-refractivity contribution in [2.24, 2.45) is 7.05 Å². The molecule has 0 aliphatic rings. The summed E-state index contributed by atoms with van der Waals surface area (Å²) in [6.45, 7) is 4.75. The molecule has 2 aromatic rings. The second-order valence-corrected chi connectivity index (χ2v) is 5.54. The van der Waals surface area contributed by atoms with Gasteiger partial charge >= 0.3 is 0 Å². The van der Waals surface area contributed by atoms with Crippen LogP contribution >= 0.6 is 11.6 Å². The van der Waals surface area contributed by atoms with Gasteiger partial charge in [-0.2, -0.15) is 5.10 Å². The van der Waals surface area contributed by atoms with Gasteiger partial charge in [0.25, 0.3) is 0 Å². The van der Waals surface area contributed by atoms with Gasteiger partial charge in [-0.05, 0) is 38.1 Å². The van der Waals surface area contributed by atoms with Crippen LogP contribution < -0.4 is 10.1 Å².